The summed E-state index contributed by atoms with van der Waals surface area (Å²) < 4.78 is 7.32. The van der Waals surface area contributed by atoms with Crippen molar-refractivity contribution in [3.63, 3.8) is 0 Å². The number of carbonyl (C=O) groups excluding carboxylic acids is 2. The molecule has 3 aromatic heterocycles. The summed E-state index contributed by atoms with van der Waals surface area (Å²) in [6, 6.07) is 12.9. The minimum absolute atomic E-state index is 0.0470. The number of nitrogens with zero attached hydrogens (tertiary/aromatic N) is 4. The first-order valence-electron chi connectivity index (χ1n) is 11.6. The lowest BCUT2D eigenvalue weighted by atomic mass is 10.1. The Kier molecular flexibility index (Phi) is 5.88. The number of hydrogen-bond acceptors (Lipinski definition) is 5. The van der Waals surface area contributed by atoms with Crippen molar-refractivity contribution in [1.82, 2.24) is 25.0 Å². The average molecular weight is 458 g/mol. The molecular formula is C26H27N5O3. The Balaban J connectivity index is 1.41. The summed E-state index contributed by atoms with van der Waals surface area (Å²) in [5.74, 6) is 0.395. The van der Waals surface area contributed by atoms with E-state index in [1.165, 1.54) is 0 Å². The molecule has 1 N–H and O–H groups in total. The summed E-state index contributed by atoms with van der Waals surface area (Å²) in [5.41, 5.74) is 3.20. The van der Waals surface area contributed by atoms with Crippen molar-refractivity contribution >= 4 is 22.8 Å². The van der Waals surface area contributed by atoms with Crippen molar-refractivity contribution < 1.29 is 14.0 Å². The Labute approximate surface area is 197 Å². The molecule has 0 bridgehead atoms. The highest BCUT2D eigenvalue weighted by Gasteiger charge is 2.21. The number of nitrogens with one attached hydrogen (secondary N) is 1. The van der Waals surface area contributed by atoms with Gasteiger partial charge in [-0.1, -0.05) is 12.1 Å². The molecule has 8 nitrogen and oxygen atoms in total. The zero-order valence-corrected chi connectivity index (χ0v) is 19.3. The second kappa shape index (κ2) is 9.13. The minimum Gasteiger partial charge on any atom is -0.463 e. The van der Waals surface area contributed by atoms with Crippen LogP contribution in [0.1, 0.15) is 59.0 Å². The van der Waals surface area contributed by atoms with Gasteiger partial charge >= 0.3 is 0 Å². The fraction of sp³-hybridized carbons (Fsp3) is 0.308. The Morgan fingerprint density at radius 1 is 1.12 bits per heavy atom. The first kappa shape index (κ1) is 21.9. The zero-order valence-electron chi connectivity index (χ0n) is 19.3. The van der Waals surface area contributed by atoms with Gasteiger partial charge in [-0.15, -0.1) is 0 Å². The van der Waals surface area contributed by atoms with Crippen molar-refractivity contribution in [3.8, 4) is 11.5 Å². The summed E-state index contributed by atoms with van der Waals surface area (Å²) in [4.78, 5) is 32.6. The molecule has 0 unspecified atom stereocenters. The van der Waals surface area contributed by atoms with Crippen molar-refractivity contribution in [2.75, 3.05) is 13.1 Å². The number of amides is 2. The molecule has 1 fully saturated rings. The molecule has 4 aromatic rings. The second-order valence-corrected chi connectivity index (χ2v) is 8.83. The lowest BCUT2D eigenvalue weighted by Crippen LogP contribution is -2.28. The lowest BCUT2D eigenvalue weighted by Gasteiger charge is -2.16. The van der Waals surface area contributed by atoms with E-state index in [2.05, 4.69) is 10.4 Å². The molecule has 1 aliphatic rings. The maximum absolute atomic E-state index is 13.3. The van der Waals surface area contributed by atoms with Crippen LogP contribution in [0.3, 0.4) is 0 Å². The molecule has 1 aromatic carbocycles. The van der Waals surface area contributed by atoms with Crippen LogP contribution >= 0.6 is 0 Å². The molecule has 174 valence electrons. The molecule has 0 radical (unpaired) electrons. The number of pyridine rings is 1. The van der Waals surface area contributed by atoms with E-state index in [9.17, 15) is 9.59 Å². The first-order valence-corrected chi connectivity index (χ1v) is 11.6. The molecule has 34 heavy (non-hydrogen) atoms. The predicted molar refractivity (Wildman–Crippen MR) is 128 cm³/mol. The molecule has 2 amide bonds. The quantitative estimate of drug-likeness (QED) is 0.462. The number of furan rings is 1. The maximum atomic E-state index is 13.3. The van der Waals surface area contributed by atoms with Crippen molar-refractivity contribution in [1.29, 1.82) is 0 Å². The Morgan fingerprint density at radius 3 is 2.68 bits per heavy atom. The third kappa shape index (κ3) is 4.19. The van der Waals surface area contributed by atoms with Crippen LogP contribution in [-0.4, -0.2) is 44.6 Å². The fourth-order valence-electron chi connectivity index (χ4n) is 4.33. The number of benzene rings is 1. The number of fused-ring (bicyclic) bond motifs is 1. The minimum atomic E-state index is -0.236. The molecule has 1 saturated heterocycles. The van der Waals surface area contributed by atoms with Crippen molar-refractivity contribution in [3.05, 3.63) is 71.6 Å². The molecule has 0 aliphatic carbocycles. The fourth-order valence-corrected chi connectivity index (χ4v) is 4.33. The van der Waals surface area contributed by atoms with Crippen LogP contribution < -0.4 is 5.32 Å². The van der Waals surface area contributed by atoms with Crippen LogP contribution in [0, 0.1) is 0 Å². The summed E-state index contributed by atoms with van der Waals surface area (Å²) in [6.45, 7) is 5.95. The summed E-state index contributed by atoms with van der Waals surface area (Å²) in [6.07, 6.45) is 5.36. The van der Waals surface area contributed by atoms with Gasteiger partial charge in [0.2, 0.25) is 0 Å². The van der Waals surface area contributed by atoms with Crippen LogP contribution in [0.5, 0.6) is 0 Å². The highest BCUT2D eigenvalue weighted by atomic mass is 16.3. The molecule has 0 spiro atoms. The van der Waals surface area contributed by atoms with Crippen LogP contribution in [-0.2, 0) is 6.54 Å². The lowest BCUT2D eigenvalue weighted by molar-refractivity contribution is 0.0792. The highest BCUT2D eigenvalue weighted by molar-refractivity contribution is 6.06. The Hall–Kier alpha value is -3.94. The Morgan fingerprint density at radius 2 is 1.94 bits per heavy atom. The first-order chi connectivity index (χ1) is 16.5. The summed E-state index contributed by atoms with van der Waals surface area (Å²) in [7, 11) is 0. The monoisotopic (exact) mass is 457 g/mol. The normalized spacial score (nSPS) is 13.7. The molecule has 0 saturated carbocycles. The molecule has 8 heteroatoms. The molecular weight excluding hydrogens is 430 g/mol. The predicted octanol–water partition coefficient (Wildman–Crippen LogP) is 4.44. The van der Waals surface area contributed by atoms with E-state index in [0.717, 1.165) is 31.5 Å². The third-order valence-electron chi connectivity index (χ3n) is 6.09. The van der Waals surface area contributed by atoms with E-state index < -0.39 is 0 Å². The maximum Gasteiger partial charge on any atom is 0.253 e. The number of aromatic nitrogens is 3. The smallest absolute Gasteiger partial charge is 0.253 e. The second-order valence-electron chi connectivity index (χ2n) is 8.83. The van der Waals surface area contributed by atoms with Crippen molar-refractivity contribution in [2.24, 2.45) is 0 Å². The van der Waals surface area contributed by atoms with Gasteiger partial charge in [0.25, 0.3) is 11.8 Å². The van der Waals surface area contributed by atoms with E-state index >= 15 is 0 Å². The van der Waals surface area contributed by atoms with Crippen LogP contribution in [0.15, 0.2) is 59.3 Å². The van der Waals surface area contributed by atoms with Gasteiger partial charge in [-0.2, -0.15) is 5.10 Å². The van der Waals surface area contributed by atoms with Gasteiger partial charge in [0.15, 0.2) is 11.4 Å². The SMILES string of the molecule is CC(C)n1ncc2c(C(=O)NCc3cccc(C(=O)N4CCCC4)c3)cc(-c3ccco3)nc21. The van der Waals surface area contributed by atoms with Crippen LogP contribution in [0.2, 0.25) is 0 Å². The van der Waals surface area contributed by atoms with Gasteiger partial charge in [0.05, 0.1) is 23.4 Å². The van der Waals surface area contributed by atoms with E-state index in [1.807, 2.05) is 49.1 Å². The molecule has 4 heterocycles. The average Bonchev–Trinajstić information content (AvgIpc) is 3.62. The molecule has 0 atom stereocenters. The highest BCUT2D eigenvalue weighted by Crippen LogP contribution is 2.26. The number of likely N-dealkylation sites (tertiary alicyclic amines) is 1. The number of rotatable bonds is 6. The largest absolute Gasteiger partial charge is 0.463 e. The van der Waals surface area contributed by atoms with Gasteiger partial charge < -0.3 is 14.6 Å². The number of hydrogen-bond donors (Lipinski definition) is 1. The van der Waals surface area contributed by atoms with Gasteiger partial charge in [-0.25, -0.2) is 9.67 Å². The topological polar surface area (TPSA) is 93.3 Å². The molecule has 1 aliphatic heterocycles. The summed E-state index contributed by atoms with van der Waals surface area (Å²) >= 11 is 0. The van der Waals surface area contributed by atoms with Gasteiger partial charge in [-0.05, 0) is 62.6 Å². The van der Waals surface area contributed by atoms with Crippen molar-refractivity contribution in [2.45, 2.75) is 39.3 Å². The van der Waals surface area contributed by atoms with E-state index in [1.54, 1.807) is 29.3 Å². The van der Waals surface area contributed by atoms with E-state index in [4.69, 9.17) is 9.40 Å². The van der Waals surface area contributed by atoms with Gasteiger partial charge in [0.1, 0.15) is 5.69 Å². The standard InChI is InChI=1S/C26H27N5O3/c1-17(2)31-24-21(16-28-31)20(14-22(29-24)23-9-6-12-34-23)25(32)27-15-18-7-5-8-19(13-18)26(33)30-10-3-4-11-30/h5-9,12-14,16-17H,3-4,10-11,15H2,1-2H3,(H,27,32). The zero-order chi connectivity index (χ0) is 23.7. The molecule has 5 rings (SSSR count). The number of carbonyl (C=O) groups is 2. The van der Waals surface area contributed by atoms with Gasteiger partial charge in [-0.3, -0.25) is 9.59 Å². The van der Waals surface area contributed by atoms with Crippen LogP contribution in [0.25, 0.3) is 22.5 Å². The summed E-state index contributed by atoms with van der Waals surface area (Å²) in [5, 5.41) is 8.12. The van der Waals surface area contributed by atoms with Crippen LogP contribution in [0.4, 0.5) is 0 Å². The van der Waals surface area contributed by atoms with E-state index in [0.29, 0.717) is 40.2 Å². The van der Waals surface area contributed by atoms with Gasteiger partial charge in [0, 0.05) is 31.2 Å². The third-order valence-corrected chi connectivity index (χ3v) is 6.09. The Bertz CT molecular complexity index is 1330. The van der Waals surface area contributed by atoms with E-state index in [-0.39, 0.29) is 17.9 Å².